The summed E-state index contributed by atoms with van der Waals surface area (Å²) in [6.07, 6.45) is 3.43. The summed E-state index contributed by atoms with van der Waals surface area (Å²) >= 11 is 0. The highest BCUT2D eigenvalue weighted by Gasteiger charge is 2.09. The van der Waals surface area contributed by atoms with Crippen molar-refractivity contribution in [2.45, 2.75) is 19.6 Å². The summed E-state index contributed by atoms with van der Waals surface area (Å²) in [6.45, 7) is 3.56. The van der Waals surface area contributed by atoms with E-state index in [0.717, 1.165) is 22.5 Å². The number of rotatable bonds is 6. The number of hydrogen-bond donors (Lipinski definition) is 1. The molecule has 0 bridgehead atoms. The lowest BCUT2D eigenvalue weighted by molar-refractivity contribution is 0.596. The smallest absolute Gasteiger partial charge is 0.163 e. The zero-order chi connectivity index (χ0) is 18.6. The van der Waals surface area contributed by atoms with Gasteiger partial charge in [-0.2, -0.15) is 0 Å². The van der Waals surface area contributed by atoms with Crippen LogP contribution in [0.5, 0.6) is 0 Å². The van der Waals surface area contributed by atoms with Gasteiger partial charge < -0.3 is 5.32 Å². The van der Waals surface area contributed by atoms with Gasteiger partial charge in [0.25, 0.3) is 0 Å². The molecule has 0 spiro atoms. The average molecular weight is 368 g/mol. The molecule has 0 unspecified atom stereocenters. The Balaban J connectivity index is 1.80. The zero-order valence-electron chi connectivity index (χ0n) is 14.7. The Morgan fingerprint density at radius 2 is 1.85 bits per heavy atom. The van der Waals surface area contributed by atoms with Gasteiger partial charge in [0.2, 0.25) is 0 Å². The van der Waals surface area contributed by atoms with E-state index in [9.17, 15) is 8.42 Å². The summed E-state index contributed by atoms with van der Waals surface area (Å²) in [5.74, 6) is 1.47. The van der Waals surface area contributed by atoms with E-state index < -0.39 is 9.84 Å². The largest absolute Gasteiger partial charge is 0.340 e. The van der Waals surface area contributed by atoms with E-state index in [0.29, 0.717) is 11.6 Å². The Bertz CT molecular complexity index is 988. The summed E-state index contributed by atoms with van der Waals surface area (Å²) in [5.41, 5.74) is 3.29. The summed E-state index contributed by atoms with van der Waals surface area (Å²) in [5, 5.41) is 3.24. The first-order valence-electron chi connectivity index (χ1n) is 8.27. The van der Waals surface area contributed by atoms with Crippen LogP contribution in [0.4, 0.5) is 11.5 Å². The Morgan fingerprint density at radius 3 is 2.50 bits per heavy atom. The minimum absolute atomic E-state index is 0.0571. The number of anilines is 2. The van der Waals surface area contributed by atoms with Gasteiger partial charge in [0.05, 0.1) is 5.75 Å². The predicted octanol–water partition coefficient (Wildman–Crippen LogP) is 3.53. The van der Waals surface area contributed by atoms with Crippen molar-refractivity contribution in [1.29, 1.82) is 0 Å². The highest BCUT2D eigenvalue weighted by atomic mass is 32.2. The van der Waals surface area contributed by atoms with Crippen LogP contribution < -0.4 is 5.32 Å². The van der Waals surface area contributed by atoms with Crippen molar-refractivity contribution in [2.75, 3.05) is 11.1 Å². The molecule has 0 aliphatic carbocycles. The fraction of sp³-hybridized carbons (Fsp3) is 0.211. The van der Waals surface area contributed by atoms with Gasteiger partial charge in [-0.25, -0.2) is 18.4 Å². The zero-order valence-corrected chi connectivity index (χ0v) is 15.5. The van der Waals surface area contributed by atoms with Crippen molar-refractivity contribution < 1.29 is 8.42 Å². The van der Waals surface area contributed by atoms with Crippen LogP contribution in [-0.4, -0.2) is 29.1 Å². The number of nitrogens with zero attached hydrogens (tertiary/aromatic N) is 3. The molecule has 26 heavy (non-hydrogen) atoms. The van der Waals surface area contributed by atoms with E-state index in [1.807, 2.05) is 49.4 Å². The fourth-order valence-corrected chi connectivity index (χ4v) is 3.35. The van der Waals surface area contributed by atoms with Crippen LogP contribution in [-0.2, 0) is 15.6 Å². The number of benzene rings is 1. The Hall–Kier alpha value is -2.80. The van der Waals surface area contributed by atoms with Crippen LogP contribution in [0.2, 0.25) is 0 Å². The minimum atomic E-state index is -3.03. The van der Waals surface area contributed by atoms with Gasteiger partial charge in [-0.15, -0.1) is 0 Å². The molecule has 0 aliphatic rings. The van der Waals surface area contributed by atoms with Crippen molar-refractivity contribution in [3.05, 3.63) is 66.1 Å². The molecular weight excluding hydrogens is 348 g/mol. The third kappa shape index (κ3) is 4.64. The monoisotopic (exact) mass is 368 g/mol. The summed E-state index contributed by atoms with van der Waals surface area (Å²) < 4.78 is 23.4. The molecule has 3 aromatic rings. The van der Waals surface area contributed by atoms with Crippen molar-refractivity contribution >= 4 is 21.3 Å². The SMILES string of the molecule is CCS(=O)(=O)Cc1ccc(Nc2cc(C)nc(-c3cccnc3)n2)cc1. The molecule has 0 atom stereocenters. The number of aromatic nitrogens is 3. The molecule has 2 heterocycles. The normalized spacial score (nSPS) is 11.3. The van der Waals surface area contributed by atoms with Crippen molar-refractivity contribution in [1.82, 2.24) is 15.0 Å². The lowest BCUT2D eigenvalue weighted by Crippen LogP contribution is -2.06. The third-order valence-electron chi connectivity index (χ3n) is 3.83. The maximum atomic E-state index is 11.7. The topological polar surface area (TPSA) is 84.8 Å². The fourth-order valence-electron chi connectivity index (χ4n) is 2.44. The third-order valence-corrected chi connectivity index (χ3v) is 5.48. The van der Waals surface area contributed by atoms with Crippen LogP contribution in [0.3, 0.4) is 0 Å². The van der Waals surface area contributed by atoms with Crippen molar-refractivity contribution in [2.24, 2.45) is 0 Å². The molecule has 3 rings (SSSR count). The van der Waals surface area contributed by atoms with Gasteiger partial charge >= 0.3 is 0 Å². The first kappa shape index (κ1) is 18.0. The molecule has 134 valence electrons. The van der Waals surface area contributed by atoms with E-state index in [1.165, 1.54) is 0 Å². The average Bonchev–Trinajstić information content (AvgIpc) is 2.63. The molecule has 1 aromatic carbocycles. The Labute approximate surface area is 153 Å². The molecule has 0 radical (unpaired) electrons. The molecule has 7 heteroatoms. The molecule has 0 amide bonds. The number of hydrogen-bond acceptors (Lipinski definition) is 6. The van der Waals surface area contributed by atoms with Crippen LogP contribution in [0.15, 0.2) is 54.9 Å². The quantitative estimate of drug-likeness (QED) is 0.716. The van der Waals surface area contributed by atoms with E-state index in [1.54, 1.807) is 19.3 Å². The molecular formula is C19H20N4O2S. The molecule has 0 saturated carbocycles. The van der Waals surface area contributed by atoms with Gasteiger partial charge in [-0.3, -0.25) is 4.98 Å². The van der Waals surface area contributed by atoms with Gasteiger partial charge in [-0.05, 0) is 36.8 Å². The first-order chi connectivity index (χ1) is 12.4. The highest BCUT2D eigenvalue weighted by molar-refractivity contribution is 7.90. The van der Waals surface area contributed by atoms with Crippen LogP contribution in [0.1, 0.15) is 18.2 Å². The highest BCUT2D eigenvalue weighted by Crippen LogP contribution is 2.20. The van der Waals surface area contributed by atoms with Crippen molar-refractivity contribution in [3.8, 4) is 11.4 Å². The minimum Gasteiger partial charge on any atom is -0.340 e. The molecule has 6 nitrogen and oxygen atoms in total. The van der Waals surface area contributed by atoms with E-state index >= 15 is 0 Å². The van der Waals surface area contributed by atoms with Gasteiger partial charge in [0, 0.05) is 41.2 Å². The second-order valence-electron chi connectivity index (χ2n) is 5.96. The number of aryl methyl sites for hydroxylation is 1. The molecule has 1 N–H and O–H groups in total. The van der Waals surface area contributed by atoms with Gasteiger partial charge in [-0.1, -0.05) is 19.1 Å². The maximum absolute atomic E-state index is 11.7. The standard InChI is InChI=1S/C19H20N4O2S/c1-3-26(24,25)13-15-6-8-17(9-7-15)22-18-11-14(2)21-19(23-18)16-5-4-10-20-12-16/h4-12H,3,13H2,1-2H3,(H,21,22,23). The number of nitrogens with one attached hydrogen (secondary N) is 1. The van der Waals surface area contributed by atoms with E-state index in [2.05, 4.69) is 20.3 Å². The summed E-state index contributed by atoms with van der Waals surface area (Å²) in [4.78, 5) is 13.1. The Morgan fingerprint density at radius 1 is 1.08 bits per heavy atom. The lowest BCUT2D eigenvalue weighted by atomic mass is 10.2. The van der Waals surface area contributed by atoms with Crippen LogP contribution in [0.25, 0.3) is 11.4 Å². The van der Waals surface area contributed by atoms with Crippen LogP contribution in [0, 0.1) is 6.92 Å². The van der Waals surface area contributed by atoms with Gasteiger partial charge in [0.15, 0.2) is 15.7 Å². The predicted molar refractivity (Wildman–Crippen MR) is 103 cm³/mol. The second kappa shape index (κ2) is 7.61. The van der Waals surface area contributed by atoms with E-state index in [-0.39, 0.29) is 11.5 Å². The Kier molecular flexibility index (Phi) is 5.27. The summed E-state index contributed by atoms with van der Waals surface area (Å²) in [6, 6.07) is 12.9. The molecule has 0 saturated heterocycles. The molecule has 2 aromatic heterocycles. The maximum Gasteiger partial charge on any atom is 0.163 e. The lowest BCUT2D eigenvalue weighted by Gasteiger charge is -2.09. The summed E-state index contributed by atoms with van der Waals surface area (Å²) in [7, 11) is -3.03. The number of sulfone groups is 1. The van der Waals surface area contributed by atoms with Crippen LogP contribution >= 0.6 is 0 Å². The number of pyridine rings is 1. The molecule has 0 aliphatic heterocycles. The molecule has 0 fully saturated rings. The second-order valence-corrected chi connectivity index (χ2v) is 8.31. The van der Waals surface area contributed by atoms with Gasteiger partial charge in [0.1, 0.15) is 5.82 Å². The van der Waals surface area contributed by atoms with Crippen molar-refractivity contribution in [3.63, 3.8) is 0 Å². The van der Waals surface area contributed by atoms with E-state index in [4.69, 9.17) is 0 Å². The first-order valence-corrected chi connectivity index (χ1v) is 10.1.